The van der Waals surface area contributed by atoms with Crippen molar-refractivity contribution < 1.29 is 14.7 Å². The number of rotatable bonds is 5. The van der Waals surface area contributed by atoms with Crippen molar-refractivity contribution in [2.75, 3.05) is 12.3 Å². The van der Waals surface area contributed by atoms with Crippen LogP contribution in [0.5, 0.6) is 0 Å². The Bertz CT molecular complexity index is 599. The van der Waals surface area contributed by atoms with Gasteiger partial charge in [-0.1, -0.05) is 18.7 Å². The van der Waals surface area contributed by atoms with Crippen molar-refractivity contribution in [2.24, 2.45) is 5.92 Å². The maximum atomic E-state index is 12.1. The van der Waals surface area contributed by atoms with Crippen molar-refractivity contribution in [1.82, 2.24) is 14.9 Å². The predicted octanol–water partition coefficient (Wildman–Crippen LogP) is 0.190. The summed E-state index contributed by atoms with van der Waals surface area (Å²) in [5.74, 6) is -1.42. The highest BCUT2D eigenvalue weighted by atomic mass is 32.2. The van der Waals surface area contributed by atoms with Crippen LogP contribution >= 0.6 is 11.8 Å². The summed E-state index contributed by atoms with van der Waals surface area (Å²) < 4.78 is 1.47. The molecule has 20 heavy (non-hydrogen) atoms. The minimum atomic E-state index is -0.965. The highest BCUT2D eigenvalue weighted by Gasteiger charge is 2.21. The van der Waals surface area contributed by atoms with Crippen LogP contribution < -0.4 is 10.9 Å². The Morgan fingerprint density at radius 3 is 3.00 bits per heavy atom. The van der Waals surface area contributed by atoms with E-state index < -0.39 is 17.8 Å². The zero-order valence-corrected chi connectivity index (χ0v) is 11.8. The van der Waals surface area contributed by atoms with E-state index in [0.29, 0.717) is 18.1 Å². The van der Waals surface area contributed by atoms with Gasteiger partial charge in [0.25, 0.3) is 11.5 Å². The quantitative estimate of drug-likeness (QED) is 0.752. The van der Waals surface area contributed by atoms with Gasteiger partial charge in [-0.25, -0.2) is 4.98 Å². The Morgan fingerprint density at radius 2 is 2.35 bits per heavy atom. The number of hydrogen-bond acceptors (Lipinski definition) is 5. The fourth-order valence-corrected chi connectivity index (χ4v) is 2.80. The van der Waals surface area contributed by atoms with E-state index >= 15 is 0 Å². The summed E-state index contributed by atoms with van der Waals surface area (Å²) in [6.45, 7) is 2.27. The van der Waals surface area contributed by atoms with E-state index in [1.807, 2.05) is 0 Å². The zero-order valence-electron chi connectivity index (χ0n) is 11.0. The molecule has 1 aliphatic rings. The van der Waals surface area contributed by atoms with Crippen molar-refractivity contribution in [3.05, 3.63) is 22.1 Å². The zero-order chi connectivity index (χ0) is 14.7. The first kappa shape index (κ1) is 14.6. The molecular weight excluding hydrogens is 282 g/mol. The molecule has 1 atom stereocenters. The molecule has 2 heterocycles. The van der Waals surface area contributed by atoms with E-state index in [1.54, 1.807) is 6.92 Å². The van der Waals surface area contributed by atoms with Gasteiger partial charge in [0.05, 0.1) is 5.92 Å². The SMILES string of the molecule is CCC(CNC(=O)c1cnc2n(c1=O)CCS2)C(=O)O. The van der Waals surface area contributed by atoms with Gasteiger partial charge in [0.15, 0.2) is 5.16 Å². The lowest BCUT2D eigenvalue weighted by molar-refractivity contribution is -0.141. The molecule has 1 aromatic heterocycles. The Labute approximate surface area is 119 Å². The van der Waals surface area contributed by atoms with Crippen molar-refractivity contribution >= 4 is 23.6 Å². The molecular formula is C12H15N3O4S. The number of aromatic nitrogens is 2. The van der Waals surface area contributed by atoms with E-state index in [9.17, 15) is 14.4 Å². The van der Waals surface area contributed by atoms with Gasteiger partial charge < -0.3 is 10.4 Å². The van der Waals surface area contributed by atoms with E-state index in [4.69, 9.17) is 5.11 Å². The summed E-state index contributed by atoms with van der Waals surface area (Å²) in [4.78, 5) is 39.0. The molecule has 0 fully saturated rings. The third-order valence-corrected chi connectivity index (χ3v) is 4.12. The van der Waals surface area contributed by atoms with Crippen LogP contribution in [-0.4, -0.2) is 38.8 Å². The molecule has 0 aromatic carbocycles. The van der Waals surface area contributed by atoms with Crippen LogP contribution in [-0.2, 0) is 11.3 Å². The Kier molecular flexibility index (Phi) is 4.43. The molecule has 2 rings (SSSR count). The maximum absolute atomic E-state index is 12.1. The standard InChI is InChI=1S/C12H15N3O4S/c1-2-7(11(18)19)5-13-9(16)8-6-14-12-15(10(8)17)3-4-20-12/h6-7H,2-5H2,1H3,(H,13,16)(H,18,19). The van der Waals surface area contributed by atoms with Crippen molar-refractivity contribution in [3.8, 4) is 0 Å². The number of amides is 1. The van der Waals surface area contributed by atoms with Gasteiger partial charge >= 0.3 is 5.97 Å². The molecule has 0 spiro atoms. The Morgan fingerprint density at radius 1 is 1.60 bits per heavy atom. The summed E-state index contributed by atoms with van der Waals surface area (Å²) in [5, 5.41) is 12.0. The third kappa shape index (κ3) is 2.84. The number of hydrogen-bond donors (Lipinski definition) is 2. The summed E-state index contributed by atoms with van der Waals surface area (Å²) in [7, 11) is 0. The minimum absolute atomic E-state index is 0.000603. The normalized spacial score (nSPS) is 14.7. The first-order valence-electron chi connectivity index (χ1n) is 6.28. The summed E-state index contributed by atoms with van der Waals surface area (Å²) in [6, 6.07) is 0. The summed E-state index contributed by atoms with van der Waals surface area (Å²) in [6.07, 6.45) is 1.66. The van der Waals surface area contributed by atoms with Crippen molar-refractivity contribution in [2.45, 2.75) is 25.0 Å². The van der Waals surface area contributed by atoms with Crippen LogP contribution in [0.3, 0.4) is 0 Å². The molecule has 0 saturated carbocycles. The molecule has 1 unspecified atom stereocenters. The smallest absolute Gasteiger partial charge is 0.308 e. The van der Waals surface area contributed by atoms with E-state index in [0.717, 1.165) is 5.75 Å². The number of carboxylic acid groups (broad SMARTS) is 1. The predicted molar refractivity (Wildman–Crippen MR) is 73.0 cm³/mol. The molecule has 7 nitrogen and oxygen atoms in total. The molecule has 0 radical (unpaired) electrons. The van der Waals surface area contributed by atoms with Crippen LogP contribution in [0.25, 0.3) is 0 Å². The van der Waals surface area contributed by atoms with Crippen LogP contribution in [0.15, 0.2) is 16.1 Å². The number of nitrogens with one attached hydrogen (secondary N) is 1. The second kappa shape index (κ2) is 6.08. The lowest BCUT2D eigenvalue weighted by Gasteiger charge is -2.11. The van der Waals surface area contributed by atoms with Gasteiger partial charge in [0.2, 0.25) is 0 Å². The Hall–Kier alpha value is -1.83. The molecule has 8 heteroatoms. The van der Waals surface area contributed by atoms with Gasteiger partial charge in [0.1, 0.15) is 5.56 Å². The van der Waals surface area contributed by atoms with Gasteiger partial charge in [-0.05, 0) is 6.42 Å². The van der Waals surface area contributed by atoms with Crippen LogP contribution in [0.4, 0.5) is 0 Å². The minimum Gasteiger partial charge on any atom is -0.481 e. The van der Waals surface area contributed by atoms with Crippen LogP contribution in [0.2, 0.25) is 0 Å². The van der Waals surface area contributed by atoms with Gasteiger partial charge in [0, 0.05) is 25.0 Å². The highest BCUT2D eigenvalue weighted by Crippen LogP contribution is 2.20. The van der Waals surface area contributed by atoms with Gasteiger partial charge in [-0.3, -0.25) is 19.0 Å². The molecule has 1 amide bonds. The molecule has 0 bridgehead atoms. The molecule has 108 valence electrons. The average molecular weight is 297 g/mol. The molecule has 0 aliphatic carbocycles. The molecule has 2 N–H and O–H groups in total. The Balaban J connectivity index is 2.11. The number of carbonyl (C=O) groups is 2. The fourth-order valence-electron chi connectivity index (χ4n) is 1.89. The number of nitrogens with zero attached hydrogens (tertiary/aromatic N) is 2. The number of aliphatic carboxylic acids is 1. The summed E-state index contributed by atoms with van der Waals surface area (Å²) in [5.41, 5.74) is -0.419. The maximum Gasteiger partial charge on any atom is 0.308 e. The lowest BCUT2D eigenvalue weighted by atomic mass is 10.1. The first-order valence-corrected chi connectivity index (χ1v) is 7.26. The van der Waals surface area contributed by atoms with Crippen molar-refractivity contribution in [1.29, 1.82) is 0 Å². The van der Waals surface area contributed by atoms with Crippen molar-refractivity contribution in [3.63, 3.8) is 0 Å². The second-order valence-corrected chi connectivity index (χ2v) is 5.48. The van der Waals surface area contributed by atoms with E-state index in [-0.39, 0.29) is 17.7 Å². The third-order valence-electron chi connectivity index (χ3n) is 3.15. The molecule has 1 aliphatic heterocycles. The number of carboxylic acids is 1. The van der Waals surface area contributed by atoms with Crippen LogP contribution in [0, 0.1) is 5.92 Å². The van der Waals surface area contributed by atoms with Gasteiger partial charge in [-0.2, -0.15) is 0 Å². The molecule has 1 aromatic rings. The topological polar surface area (TPSA) is 101 Å². The number of carbonyl (C=O) groups excluding carboxylic acids is 1. The van der Waals surface area contributed by atoms with E-state index in [1.165, 1.54) is 22.5 Å². The number of fused-ring (bicyclic) bond motifs is 1. The number of thioether (sulfide) groups is 1. The largest absolute Gasteiger partial charge is 0.481 e. The fraction of sp³-hybridized carbons (Fsp3) is 0.500. The first-order chi connectivity index (χ1) is 9.54. The second-order valence-electron chi connectivity index (χ2n) is 4.41. The monoisotopic (exact) mass is 297 g/mol. The highest BCUT2D eigenvalue weighted by molar-refractivity contribution is 7.99. The van der Waals surface area contributed by atoms with Gasteiger partial charge in [-0.15, -0.1) is 0 Å². The van der Waals surface area contributed by atoms with Crippen LogP contribution in [0.1, 0.15) is 23.7 Å². The average Bonchev–Trinajstić information content (AvgIpc) is 2.88. The lowest BCUT2D eigenvalue weighted by Crippen LogP contribution is -2.37. The van der Waals surface area contributed by atoms with E-state index in [2.05, 4.69) is 10.3 Å². The molecule has 0 saturated heterocycles. The summed E-state index contributed by atoms with van der Waals surface area (Å²) >= 11 is 1.47.